The van der Waals surface area contributed by atoms with Crippen LogP contribution in [0.5, 0.6) is 0 Å². The van der Waals surface area contributed by atoms with E-state index in [0.29, 0.717) is 26.1 Å². The average Bonchev–Trinajstić information content (AvgIpc) is 3.09. The highest BCUT2D eigenvalue weighted by atomic mass is 16.4. The molecule has 1 aromatic rings. The highest BCUT2D eigenvalue weighted by Gasteiger charge is 2.37. The predicted octanol–water partition coefficient (Wildman–Crippen LogP) is 1.23. The number of carbonyl (C=O) groups is 2. The molecule has 2 fully saturated rings. The zero-order chi connectivity index (χ0) is 16.2. The average molecular weight is 317 g/mol. The first-order valence-corrected chi connectivity index (χ1v) is 8.27. The van der Waals surface area contributed by atoms with Gasteiger partial charge in [-0.1, -0.05) is 6.07 Å². The van der Waals surface area contributed by atoms with Gasteiger partial charge < -0.3 is 10.0 Å². The van der Waals surface area contributed by atoms with Gasteiger partial charge in [0.15, 0.2) is 0 Å². The Bertz CT molecular complexity index is 557. The maximum absolute atomic E-state index is 12.7. The molecule has 0 bridgehead atoms. The minimum absolute atomic E-state index is 0.125. The Morgan fingerprint density at radius 2 is 1.91 bits per heavy atom. The minimum Gasteiger partial charge on any atom is -0.481 e. The van der Waals surface area contributed by atoms with Crippen LogP contribution < -0.4 is 0 Å². The SMILES string of the molecule is O=C(O)[C@H]1C[C@@H](C(=O)N2CCCC2)CN(Cc2ccccn2)C1. The number of likely N-dealkylation sites (tertiary alicyclic amines) is 2. The third-order valence-electron chi connectivity index (χ3n) is 4.75. The van der Waals surface area contributed by atoms with Crippen LogP contribution in [-0.4, -0.2) is 57.9 Å². The molecule has 0 saturated carbocycles. The fraction of sp³-hybridized carbons (Fsp3) is 0.588. The summed E-state index contributed by atoms with van der Waals surface area (Å²) in [6.07, 6.45) is 4.29. The molecular weight excluding hydrogens is 294 g/mol. The molecule has 124 valence electrons. The van der Waals surface area contributed by atoms with E-state index < -0.39 is 11.9 Å². The second kappa shape index (κ2) is 7.08. The summed E-state index contributed by atoms with van der Waals surface area (Å²) in [6.45, 7) is 3.32. The summed E-state index contributed by atoms with van der Waals surface area (Å²) >= 11 is 0. The summed E-state index contributed by atoms with van der Waals surface area (Å²) in [5.41, 5.74) is 0.908. The van der Waals surface area contributed by atoms with Gasteiger partial charge in [0.2, 0.25) is 5.91 Å². The van der Waals surface area contributed by atoms with E-state index in [9.17, 15) is 14.7 Å². The van der Waals surface area contributed by atoms with Crippen molar-refractivity contribution in [3.8, 4) is 0 Å². The second-order valence-electron chi connectivity index (χ2n) is 6.52. The van der Waals surface area contributed by atoms with Crippen LogP contribution in [0.1, 0.15) is 25.0 Å². The van der Waals surface area contributed by atoms with Crippen molar-refractivity contribution >= 4 is 11.9 Å². The van der Waals surface area contributed by atoms with E-state index in [4.69, 9.17) is 0 Å². The molecule has 2 aliphatic heterocycles. The normalized spacial score (nSPS) is 25.5. The van der Waals surface area contributed by atoms with E-state index in [2.05, 4.69) is 9.88 Å². The van der Waals surface area contributed by atoms with Gasteiger partial charge >= 0.3 is 5.97 Å². The Morgan fingerprint density at radius 3 is 2.57 bits per heavy atom. The Hall–Kier alpha value is -1.95. The maximum Gasteiger partial charge on any atom is 0.307 e. The van der Waals surface area contributed by atoms with Crippen molar-refractivity contribution in [3.63, 3.8) is 0 Å². The van der Waals surface area contributed by atoms with E-state index in [1.807, 2.05) is 23.1 Å². The number of nitrogens with zero attached hydrogens (tertiary/aromatic N) is 3. The van der Waals surface area contributed by atoms with Crippen molar-refractivity contribution in [1.82, 2.24) is 14.8 Å². The number of hydrogen-bond donors (Lipinski definition) is 1. The first-order chi connectivity index (χ1) is 11.1. The molecule has 0 unspecified atom stereocenters. The number of carboxylic acids is 1. The number of piperidine rings is 1. The molecule has 1 amide bonds. The summed E-state index contributed by atoms with van der Waals surface area (Å²) < 4.78 is 0. The highest BCUT2D eigenvalue weighted by Crippen LogP contribution is 2.26. The van der Waals surface area contributed by atoms with Gasteiger partial charge in [-0.15, -0.1) is 0 Å². The van der Waals surface area contributed by atoms with Gasteiger partial charge in [-0.2, -0.15) is 0 Å². The summed E-state index contributed by atoms with van der Waals surface area (Å²) in [5.74, 6) is -1.38. The summed E-state index contributed by atoms with van der Waals surface area (Å²) in [7, 11) is 0. The molecule has 1 aromatic heterocycles. The van der Waals surface area contributed by atoms with E-state index in [1.54, 1.807) is 6.20 Å². The molecule has 2 aliphatic rings. The number of carbonyl (C=O) groups excluding carboxylic acids is 1. The number of amides is 1. The van der Waals surface area contributed by atoms with Crippen LogP contribution in [0.25, 0.3) is 0 Å². The number of aromatic nitrogens is 1. The van der Waals surface area contributed by atoms with E-state index in [-0.39, 0.29) is 11.8 Å². The van der Waals surface area contributed by atoms with Gasteiger partial charge in [0.25, 0.3) is 0 Å². The van der Waals surface area contributed by atoms with Crippen LogP contribution in [0.2, 0.25) is 0 Å². The lowest BCUT2D eigenvalue weighted by Gasteiger charge is -2.36. The van der Waals surface area contributed by atoms with Gasteiger partial charge in [-0.3, -0.25) is 19.5 Å². The van der Waals surface area contributed by atoms with Crippen LogP contribution in [0.15, 0.2) is 24.4 Å². The largest absolute Gasteiger partial charge is 0.481 e. The molecule has 23 heavy (non-hydrogen) atoms. The molecule has 1 N–H and O–H groups in total. The van der Waals surface area contributed by atoms with Gasteiger partial charge in [-0.25, -0.2) is 0 Å². The summed E-state index contributed by atoms with van der Waals surface area (Å²) in [6, 6.07) is 5.72. The Labute approximate surface area is 136 Å². The number of carboxylic acid groups (broad SMARTS) is 1. The van der Waals surface area contributed by atoms with Crippen molar-refractivity contribution < 1.29 is 14.7 Å². The van der Waals surface area contributed by atoms with Crippen molar-refractivity contribution in [2.75, 3.05) is 26.2 Å². The van der Waals surface area contributed by atoms with Crippen molar-refractivity contribution in [3.05, 3.63) is 30.1 Å². The molecule has 0 radical (unpaired) electrons. The van der Waals surface area contributed by atoms with Crippen molar-refractivity contribution in [2.24, 2.45) is 11.8 Å². The first-order valence-electron chi connectivity index (χ1n) is 8.27. The topological polar surface area (TPSA) is 73.7 Å². The van der Waals surface area contributed by atoms with Crippen LogP contribution in [0.4, 0.5) is 0 Å². The lowest BCUT2D eigenvalue weighted by atomic mass is 9.88. The highest BCUT2D eigenvalue weighted by molar-refractivity contribution is 5.80. The molecule has 3 heterocycles. The Morgan fingerprint density at radius 1 is 1.17 bits per heavy atom. The van der Waals surface area contributed by atoms with Crippen LogP contribution in [-0.2, 0) is 16.1 Å². The molecule has 0 aliphatic carbocycles. The lowest BCUT2D eigenvalue weighted by molar-refractivity contribution is -0.147. The number of rotatable bonds is 4. The number of hydrogen-bond acceptors (Lipinski definition) is 4. The molecule has 6 nitrogen and oxygen atoms in total. The first kappa shape index (κ1) is 15.9. The molecule has 0 spiro atoms. The summed E-state index contributed by atoms with van der Waals surface area (Å²) in [4.78, 5) is 32.4. The molecule has 0 aromatic carbocycles. The smallest absolute Gasteiger partial charge is 0.307 e. The lowest BCUT2D eigenvalue weighted by Crippen LogP contribution is -2.48. The zero-order valence-electron chi connectivity index (χ0n) is 13.2. The van der Waals surface area contributed by atoms with Crippen LogP contribution in [0, 0.1) is 11.8 Å². The third kappa shape index (κ3) is 3.88. The van der Waals surface area contributed by atoms with Gasteiger partial charge in [0.1, 0.15) is 0 Å². The summed E-state index contributed by atoms with van der Waals surface area (Å²) in [5, 5.41) is 9.42. The quantitative estimate of drug-likeness (QED) is 0.904. The van der Waals surface area contributed by atoms with Crippen LogP contribution in [0.3, 0.4) is 0 Å². The standard InChI is InChI=1S/C17H23N3O3/c21-16(20-7-3-4-8-20)13-9-14(17(22)23)11-19(10-13)12-15-5-1-2-6-18-15/h1-2,5-6,13-14H,3-4,7-12H2,(H,22,23)/t13-,14+/m1/s1. The maximum atomic E-state index is 12.7. The third-order valence-corrected chi connectivity index (χ3v) is 4.75. The molecule has 2 saturated heterocycles. The van der Waals surface area contributed by atoms with Crippen LogP contribution >= 0.6 is 0 Å². The Kier molecular flexibility index (Phi) is 4.91. The number of aliphatic carboxylic acids is 1. The van der Waals surface area contributed by atoms with E-state index in [1.165, 1.54) is 0 Å². The Balaban J connectivity index is 1.70. The molecule has 6 heteroatoms. The fourth-order valence-electron chi connectivity index (χ4n) is 3.59. The second-order valence-corrected chi connectivity index (χ2v) is 6.52. The van der Waals surface area contributed by atoms with E-state index in [0.717, 1.165) is 31.6 Å². The number of pyridine rings is 1. The molecular formula is C17H23N3O3. The van der Waals surface area contributed by atoms with Gasteiger partial charge in [0, 0.05) is 38.9 Å². The van der Waals surface area contributed by atoms with Crippen molar-refractivity contribution in [1.29, 1.82) is 0 Å². The van der Waals surface area contributed by atoms with Crippen molar-refractivity contribution in [2.45, 2.75) is 25.8 Å². The zero-order valence-corrected chi connectivity index (χ0v) is 13.2. The fourth-order valence-corrected chi connectivity index (χ4v) is 3.59. The van der Waals surface area contributed by atoms with Gasteiger partial charge in [-0.05, 0) is 31.4 Å². The van der Waals surface area contributed by atoms with E-state index >= 15 is 0 Å². The van der Waals surface area contributed by atoms with Gasteiger partial charge in [0.05, 0.1) is 17.5 Å². The molecule has 3 rings (SSSR count). The predicted molar refractivity (Wildman–Crippen MR) is 84.6 cm³/mol. The monoisotopic (exact) mass is 317 g/mol. The minimum atomic E-state index is -0.810. The molecule has 2 atom stereocenters.